The maximum absolute atomic E-state index is 12.4. The van der Waals surface area contributed by atoms with Crippen LogP contribution in [0.4, 0.5) is 0 Å². The summed E-state index contributed by atoms with van der Waals surface area (Å²) in [6, 6.07) is 0.266. The fourth-order valence-electron chi connectivity index (χ4n) is 2.14. The number of likely N-dealkylation sites (tertiary alicyclic amines) is 1. The van der Waals surface area contributed by atoms with E-state index in [0.29, 0.717) is 10.7 Å². The fraction of sp³-hybridized carbons (Fsp3) is 0.583. The molecule has 4 nitrogen and oxygen atoms in total. The van der Waals surface area contributed by atoms with Gasteiger partial charge in [0.05, 0.1) is 5.56 Å². The van der Waals surface area contributed by atoms with Crippen molar-refractivity contribution in [1.82, 2.24) is 14.9 Å². The molecule has 1 aromatic rings. The lowest BCUT2D eigenvalue weighted by molar-refractivity contribution is 0.0634. The number of piperidine rings is 1. The topological polar surface area (TPSA) is 46.1 Å². The molecule has 0 aliphatic carbocycles. The fourth-order valence-corrected chi connectivity index (χ4v) is 2.74. The molecule has 1 unspecified atom stereocenters. The molecule has 0 bridgehead atoms. The van der Waals surface area contributed by atoms with Gasteiger partial charge in [-0.1, -0.05) is 23.4 Å². The third-order valence-electron chi connectivity index (χ3n) is 3.20. The van der Waals surface area contributed by atoms with Crippen molar-refractivity contribution in [2.45, 2.75) is 37.4 Å². The van der Waals surface area contributed by atoms with E-state index >= 15 is 0 Å². The Morgan fingerprint density at radius 2 is 2.33 bits per heavy atom. The summed E-state index contributed by atoms with van der Waals surface area (Å²) in [5, 5.41) is 0.834. The second-order valence-electron chi connectivity index (χ2n) is 4.40. The van der Waals surface area contributed by atoms with Crippen molar-refractivity contribution in [3.8, 4) is 0 Å². The first-order valence-corrected chi connectivity index (χ1v) is 7.61. The van der Waals surface area contributed by atoms with Gasteiger partial charge in [-0.15, -0.1) is 0 Å². The van der Waals surface area contributed by atoms with Crippen LogP contribution >= 0.6 is 23.4 Å². The summed E-state index contributed by atoms with van der Waals surface area (Å²) < 4.78 is 0. The Morgan fingerprint density at radius 3 is 2.94 bits per heavy atom. The molecule has 0 aromatic carbocycles. The lowest BCUT2D eigenvalue weighted by Crippen LogP contribution is -2.42. The molecular formula is C12H16ClN3OS. The van der Waals surface area contributed by atoms with Crippen LogP contribution < -0.4 is 0 Å². The van der Waals surface area contributed by atoms with Crippen LogP contribution in [0.5, 0.6) is 0 Å². The largest absolute Gasteiger partial charge is 0.336 e. The lowest BCUT2D eigenvalue weighted by Gasteiger charge is -2.33. The Bertz CT molecular complexity index is 455. The first-order valence-electron chi connectivity index (χ1n) is 6.01. The number of hydrogen-bond acceptors (Lipinski definition) is 4. The Hall–Kier alpha value is -0.810. The molecule has 2 rings (SSSR count). The van der Waals surface area contributed by atoms with Crippen molar-refractivity contribution in [2.75, 3.05) is 12.8 Å². The van der Waals surface area contributed by atoms with Gasteiger partial charge in [0, 0.05) is 18.8 Å². The lowest BCUT2D eigenvalue weighted by atomic mass is 10.0. The maximum Gasteiger partial charge on any atom is 0.258 e. The van der Waals surface area contributed by atoms with Crippen molar-refractivity contribution in [2.24, 2.45) is 0 Å². The summed E-state index contributed by atoms with van der Waals surface area (Å²) in [6.07, 6.45) is 6.69. The van der Waals surface area contributed by atoms with Gasteiger partial charge in [0.2, 0.25) is 0 Å². The zero-order valence-electron chi connectivity index (χ0n) is 10.5. The van der Waals surface area contributed by atoms with Crippen molar-refractivity contribution in [1.29, 1.82) is 0 Å². The highest BCUT2D eigenvalue weighted by Gasteiger charge is 2.26. The van der Waals surface area contributed by atoms with E-state index in [2.05, 4.69) is 16.9 Å². The highest BCUT2D eigenvalue weighted by Crippen LogP contribution is 2.23. The van der Waals surface area contributed by atoms with E-state index in [1.54, 1.807) is 0 Å². The van der Waals surface area contributed by atoms with Crippen LogP contribution in [0.15, 0.2) is 11.4 Å². The molecule has 1 saturated heterocycles. The minimum atomic E-state index is -0.0557. The van der Waals surface area contributed by atoms with E-state index in [1.807, 2.05) is 11.2 Å². The number of carbonyl (C=O) groups is 1. The molecule has 1 aliphatic rings. The number of amides is 1. The zero-order chi connectivity index (χ0) is 13.1. The highest BCUT2D eigenvalue weighted by atomic mass is 35.5. The van der Waals surface area contributed by atoms with Gasteiger partial charge >= 0.3 is 0 Å². The molecule has 6 heteroatoms. The SMILES string of the molecule is CSc1ncc(C(=O)N2CCCCC2C)c(Cl)n1. The predicted octanol–water partition coefficient (Wildman–Crippen LogP) is 2.87. The molecule has 1 amide bonds. The van der Waals surface area contributed by atoms with Gasteiger partial charge < -0.3 is 4.90 Å². The molecule has 2 heterocycles. The molecule has 1 fully saturated rings. The first kappa shape index (κ1) is 13.6. The van der Waals surface area contributed by atoms with Crippen molar-refractivity contribution >= 4 is 29.3 Å². The second kappa shape index (κ2) is 5.89. The summed E-state index contributed by atoms with van der Waals surface area (Å²) in [4.78, 5) is 22.5. The number of nitrogens with zero attached hydrogens (tertiary/aromatic N) is 3. The standard InChI is InChI=1S/C12H16ClN3OS/c1-8-5-3-4-6-16(8)11(17)9-7-14-12(18-2)15-10(9)13/h7-8H,3-6H2,1-2H3. The van der Waals surface area contributed by atoms with Crippen LogP contribution in [0.1, 0.15) is 36.5 Å². The predicted molar refractivity (Wildman–Crippen MR) is 73.2 cm³/mol. The number of hydrogen-bond donors (Lipinski definition) is 0. The number of carbonyl (C=O) groups excluding carboxylic acids is 1. The Balaban J connectivity index is 2.22. The number of rotatable bonds is 2. The average molecular weight is 286 g/mol. The Kier molecular flexibility index (Phi) is 4.45. The van der Waals surface area contributed by atoms with Gasteiger partial charge in [0.25, 0.3) is 5.91 Å². The van der Waals surface area contributed by atoms with Crippen molar-refractivity contribution in [3.63, 3.8) is 0 Å². The molecule has 98 valence electrons. The molecule has 0 radical (unpaired) electrons. The number of aromatic nitrogens is 2. The van der Waals surface area contributed by atoms with Gasteiger partial charge in [-0.3, -0.25) is 4.79 Å². The van der Waals surface area contributed by atoms with Crippen molar-refractivity contribution in [3.05, 3.63) is 16.9 Å². The van der Waals surface area contributed by atoms with Crippen LogP contribution in [-0.2, 0) is 0 Å². The monoisotopic (exact) mass is 285 g/mol. The third kappa shape index (κ3) is 2.78. The van der Waals surface area contributed by atoms with Gasteiger partial charge in [0.1, 0.15) is 5.15 Å². The van der Waals surface area contributed by atoms with Gasteiger partial charge in [-0.25, -0.2) is 9.97 Å². The Labute approximate surface area is 116 Å². The van der Waals surface area contributed by atoms with Gasteiger partial charge in [-0.2, -0.15) is 0 Å². The summed E-state index contributed by atoms with van der Waals surface area (Å²) in [7, 11) is 0. The summed E-state index contributed by atoms with van der Waals surface area (Å²) >= 11 is 7.47. The highest BCUT2D eigenvalue weighted by molar-refractivity contribution is 7.98. The number of halogens is 1. The third-order valence-corrected chi connectivity index (χ3v) is 4.05. The van der Waals surface area contributed by atoms with Gasteiger partial charge in [0.15, 0.2) is 5.16 Å². The van der Waals surface area contributed by atoms with E-state index in [0.717, 1.165) is 19.4 Å². The molecule has 1 aromatic heterocycles. The van der Waals surface area contributed by atoms with Crippen LogP contribution in [-0.4, -0.2) is 39.6 Å². The van der Waals surface area contributed by atoms with E-state index in [4.69, 9.17) is 11.6 Å². The van der Waals surface area contributed by atoms with E-state index < -0.39 is 0 Å². The normalized spacial score (nSPS) is 19.9. The smallest absolute Gasteiger partial charge is 0.258 e. The van der Waals surface area contributed by atoms with E-state index in [1.165, 1.54) is 24.4 Å². The summed E-state index contributed by atoms with van der Waals surface area (Å²) in [5.74, 6) is -0.0557. The molecule has 0 spiro atoms. The molecule has 1 aliphatic heterocycles. The maximum atomic E-state index is 12.4. The minimum Gasteiger partial charge on any atom is -0.336 e. The molecule has 18 heavy (non-hydrogen) atoms. The first-order chi connectivity index (χ1) is 8.63. The number of thioether (sulfide) groups is 1. The van der Waals surface area contributed by atoms with E-state index in [-0.39, 0.29) is 17.1 Å². The van der Waals surface area contributed by atoms with Gasteiger partial charge in [-0.05, 0) is 32.4 Å². The minimum absolute atomic E-state index is 0.0557. The van der Waals surface area contributed by atoms with Crippen LogP contribution in [0, 0.1) is 0 Å². The van der Waals surface area contributed by atoms with E-state index in [9.17, 15) is 4.79 Å². The Morgan fingerprint density at radius 1 is 1.56 bits per heavy atom. The molecule has 0 N–H and O–H groups in total. The second-order valence-corrected chi connectivity index (χ2v) is 5.54. The van der Waals surface area contributed by atoms with Crippen LogP contribution in [0.25, 0.3) is 0 Å². The average Bonchev–Trinajstić information content (AvgIpc) is 2.38. The molecule has 1 atom stereocenters. The summed E-state index contributed by atoms with van der Waals surface area (Å²) in [5.41, 5.74) is 0.406. The molecule has 0 saturated carbocycles. The quantitative estimate of drug-likeness (QED) is 0.476. The van der Waals surface area contributed by atoms with Crippen LogP contribution in [0.3, 0.4) is 0 Å². The van der Waals surface area contributed by atoms with Crippen molar-refractivity contribution < 1.29 is 4.79 Å². The van der Waals surface area contributed by atoms with Crippen LogP contribution in [0.2, 0.25) is 5.15 Å². The zero-order valence-corrected chi connectivity index (χ0v) is 12.1. The summed E-state index contributed by atoms with van der Waals surface area (Å²) in [6.45, 7) is 2.86. The molecular weight excluding hydrogens is 270 g/mol.